The Morgan fingerprint density at radius 1 is 1.05 bits per heavy atom. The first kappa shape index (κ1) is 32.3. The summed E-state index contributed by atoms with van der Waals surface area (Å²) in [5.74, 6) is -1.25. The number of halogens is 3. The van der Waals surface area contributed by atoms with E-state index in [4.69, 9.17) is 9.16 Å². The number of hydrogen-bond acceptors (Lipinski definition) is 6. The van der Waals surface area contributed by atoms with Gasteiger partial charge < -0.3 is 19.4 Å². The predicted octanol–water partition coefficient (Wildman–Crippen LogP) is 6.72. The minimum absolute atomic E-state index is 0.0652. The van der Waals surface area contributed by atoms with Crippen molar-refractivity contribution in [3.63, 3.8) is 0 Å². The van der Waals surface area contributed by atoms with Crippen LogP contribution in [0.25, 0.3) is 0 Å². The van der Waals surface area contributed by atoms with Gasteiger partial charge in [0.2, 0.25) is 0 Å². The molecule has 0 bridgehead atoms. The summed E-state index contributed by atoms with van der Waals surface area (Å²) in [6.07, 6.45) is -4.82. The maximum Gasteiger partial charge on any atom is 0.436 e. The number of methoxy groups -OCH3 is 1. The molecule has 3 aromatic rings. The summed E-state index contributed by atoms with van der Waals surface area (Å²) >= 11 is 0. The number of fused-ring (bicyclic) bond motifs is 1. The van der Waals surface area contributed by atoms with Gasteiger partial charge in [0, 0.05) is 13.1 Å². The number of nitrogens with zero attached hydrogens (tertiary/aromatic N) is 3. The number of benzene rings is 2. The highest BCUT2D eigenvalue weighted by Gasteiger charge is 2.44. The minimum atomic E-state index is -4.82. The van der Waals surface area contributed by atoms with E-state index in [-0.39, 0.29) is 17.4 Å². The number of anilines is 1. The van der Waals surface area contributed by atoms with E-state index in [2.05, 4.69) is 44.3 Å². The van der Waals surface area contributed by atoms with Gasteiger partial charge in [0.15, 0.2) is 14.0 Å². The summed E-state index contributed by atoms with van der Waals surface area (Å²) in [7, 11) is -0.695. The van der Waals surface area contributed by atoms with Crippen LogP contribution in [0.2, 0.25) is 18.1 Å². The Balaban J connectivity index is 1.57. The minimum Gasteiger partial charge on any atom is -0.465 e. The van der Waals surface area contributed by atoms with Crippen LogP contribution in [0.5, 0.6) is 0 Å². The third kappa shape index (κ3) is 7.12. The largest absolute Gasteiger partial charge is 0.465 e. The molecular formula is C31H39F3N4O4Si. The van der Waals surface area contributed by atoms with Crippen molar-refractivity contribution < 1.29 is 31.9 Å². The number of hydrogen-bond donors (Lipinski definition) is 1. The van der Waals surface area contributed by atoms with Crippen molar-refractivity contribution in [1.29, 1.82) is 0 Å². The second kappa shape index (κ2) is 12.2. The number of ether oxygens (including phenoxy) is 1. The van der Waals surface area contributed by atoms with Crippen LogP contribution in [0, 0.1) is 0 Å². The van der Waals surface area contributed by atoms with Gasteiger partial charge >= 0.3 is 12.1 Å². The molecule has 4 rings (SSSR count). The van der Waals surface area contributed by atoms with Crippen molar-refractivity contribution in [3.8, 4) is 0 Å². The SMILES string of the molecule is COC(=O)c1ccc([C@H](C)NC(=O)c2c(C(F)(F)F)nn3c2N(Cc2cccc(CO[Si](C)(C)C(C)(C)C)c2)CC3)cc1. The Kier molecular flexibility index (Phi) is 9.12. The van der Waals surface area contributed by atoms with E-state index < -0.39 is 43.7 Å². The van der Waals surface area contributed by atoms with Crippen molar-refractivity contribution in [2.24, 2.45) is 0 Å². The number of carbonyl (C=O) groups excluding carboxylic acids is 2. The molecule has 0 saturated carbocycles. The Morgan fingerprint density at radius 3 is 2.30 bits per heavy atom. The van der Waals surface area contributed by atoms with Crippen LogP contribution in [0.1, 0.15) is 76.8 Å². The molecule has 8 nitrogen and oxygen atoms in total. The van der Waals surface area contributed by atoms with E-state index in [9.17, 15) is 22.8 Å². The van der Waals surface area contributed by atoms with E-state index in [1.807, 2.05) is 24.3 Å². The summed E-state index contributed by atoms with van der Waals surface area (Å²) < 4.78 is 54.7. The average molecular weight is 617 g/mol. The first-order valence-electron chi connectivity index (χ1n) is 14.2. The van der Waals surface area contributed by atoms with E-state index in [0.717, 1.165) is 11.1 Å². The van der Waals surface area contributed by atoms with Gasteiger partial charge in [0.25, 0.3) is 5.91 Å². The van der Waals surface area contributed by atoms with Crippen molar-refractivity contribution in [3.05, 3.63) is 82.0 Å². The Bertz CT molecular complexity index is 1480. The molecule has 1 N–H and O–H groups in total. The van der Waals surface area contributed by atoms with Gasteiger partial charge in [-0.05, 0) is 53.9 Å². The fraction of sp³-hybridized carbons (Fsp3) is 0.452. The Labute approximate surface area is 251 Å². The van der Waals surface area contributed by atoms with Gasteiger partial charge in [0.1, 0.15) is 11.4 Å². The van der Waals surface area contributed by atoms with Crippen molar-refractivity contribution in [2.75, 3.05) is 18.6 Å². The molecule has 0 unspecified atom stereocenters. The van der Waals surface area contributed by atoms with Gasteiger partial charge in [-0.2, -0.15) is 18.3 Å². The van der Waals surface area contributed by atoms with Crippen LogP contribution in [-0.4, -0.2) is 43.6 Å². The van der Waals surface area contributed by atoms with Gasteiger partial charge in [-0.25, -0.2) is 9.48 Å². The van der Waals surface area contributed by atoms with Crippen LogP contribution in [0.3, 0.4) is 0 Å². The topological polar surface area (TPSA) is 85.7 Å². The van der Waals surface area contributed by atoms with Gasteiger partial charge in [-0.15, -0.1) is 0 Å². The summed E-state index contributed by atoms with van der Waals surface area (Å²) in [5, 5.41) is 6.57. The van der Waals surface area contributed by atoms with Gasteiger partial charge in [-0.3, -0.25) is 4.79 Å². The van der Waals surface area contributed by atoms with Crippen LogP contribution < -0.4 is 10.2 Å². The summed E-state index contributed by atoms with van der Waals surface area (Å²) in [6.45, 7) is 14.0. The standard InChI is InChI=1S/C31H39F3N4O4Si/c1-20(23-11-13-24(14-12-23)29(40)41-5)35-27(39)25-26(31(32,33)34)36-38-16-15-37(28(25)38)18-21-9-8-10-22(17-21)19-42-43(6,7)30(2,3)4/h8-14,17,20H,15-16,18-19H2,1-7H3,(H,35,39)/t20-/m0/s1. The second-order valence-corrected chi connectivity index (χ2v) is 17.2. The summed E-state index contributed by atoms with van der Waals surface area (Å²) in [5.41, 5.74) is 1.10. The van der Waals surface area contributed by atoms with E-state index in [0.29, 0.717) is 30.8 Å². The zero-order chi connectivity index (χ0) is 31.7. The lowest BCUT2D eigenvalue weighted by atomic mass is 10.1. The average Bonchev–Trinajstić information content (AvgIpc) is 3.51. The van der Waals surface area contributed by atoms with Crippen LogP contribution in [0.4, 0.5) is 19.0 Å². The van der Waals surface area contributed by atoms with Crippen LogP contribution in [0.15, 0.2) is 48.5 Å². The molecule has 12 heteroatoms. The third-order valence-corrected chi connectivity index (χ3v) is 12.7. The van der Waals surface area contributed by atoms with Gasteiger partial charge in [0.05, 0.1) is 31.9 Å². The smallest absolute Gasteiger partial charge is 0.436 e. The normalized spacial score (nSPS) is 14.4. The first-order chi connectivity index (χ1) is 20.0. The van der Waals surface area contributed by atoms with Crippen LogP contribution in [-0.2, 0) is 35.0 Å². The Hall–Kier alpha value is -3.64. The third-order valence-electron chi connectivity index (χ3n) is 8.25. The van der Waals surface area contributed by atoms with Crippen molar-refractivity contribution in [2.45, 2.75) is 77.7 Å². The van der Waals surface area contributed by atoms with Crippen molar-refractivity contribution in [1.82, 2.24) is 15.1 Å². The molecule has 43 heavy (non-hydrogen) atoms. The number of esters is 1. The number of carbonyl (C=O) groups is 2. The number of amides is 1. The highest BCUT2D eigenvalue weighted by molar-refractivity contribution is 6.74. The number of aromatic nitrogens is 2. The molecule has 1 aliphatic heterocycles. The summed E-state index contributed by atoms with van der Waals surface area (Å²) in [4.78, 5) is 27.0. The molecular weight excluding hydrogens is 577 g/mol. The lowest BCUT2D eigenvalue weighted by molar-refractivity contribution is -0.141. The lowest BCUT2D eigenvalue weighted by Crippen LogP contribution is -2.40. The Morgan fingerprint density at radius 2 is 1.70 bits per heavy atom. The second-order valence-electron chi connectivity index (χ2n) is 12.4. The molecule has 0 fully saturated rings. The molecule has 0 aliphatic carbocycles. The molecule has 1 atom stereocenters. The number of alkyl halides is 3. The molecule has 232 valence electrons. The number of rotatable bonds is 9. The van der Waals surface area contributed by atoms with E-state index in [1.165, 1.54) is 23.9 Å². The highest BCUT2D eigenvalue weighted by Crippen LogP contribution is 2.39. The molecule has 1 amide bonds. The monoisotopic (exact) mass is 616 g/mol. The maximum atomic E-state index is 14.1. The molecule has 0 radical (unpaired) electrons. The molecule has 2 heterocycles. The predicted molar refractivity (Wildman–Crippen MR) is 160 cm³/mol. The zero-order valence-corrected chi connectivity index (χ0v) is 26.6. The van der Waals surface area contributed by atoms with Crippen LogP contribution >= 0.6 is 0 Å². The molecule has 2 aromatic carbocycles. The zero-order valence-electron chi connectivity index (χ0n) is 25.6. The van der Waals surface area contributed by atoms with E-state index in [1.54, 1.807) is 24.0 Å². The number of nitrogens with one attached hydrogen (secondary N) is 1. The lowest BCUT2D eigenvalue weighted by Gasteiger charge is -2.36. The fourth-order valence-electron chi connectivity index (χ4n) is 4.71. The fourth-order valence-corrected chi connectivity index (χ4v) is 5.67. The molecule has 0 saturated heterocycles. The van der Waals surface area contributed by atoms with E-state index >= 15 is 0 Å². The maximum absolute atomic E-state index is 14.1. The highest BCUT2D eigenvalue weighted by atomic mass is 28.4. The molecule has 0 spiro atoms. The van der Waals surface area contributed by atoms with Gasteiger partial charge in [-0.1, -0.05) is 57.2 Å². The molecule has 1 aliphatic rings. The molecule has 1 aromatic heterocycles. The quantitative estimate of drug-likeness (QED) is 0.212. The summed E-state index contributed by atoms with van der Waals surface area (Å²) in [6, 6.07) is 13.5. The first-order valence-corrected chi connectivity index (χ1v) is 17.1. The van der Waals surface area contributed by atoms with Crippen molar-refractivity contribution >= 4 is 26.0 Å².